The van der Waals surface area contributed by atoms with Crippen LogP contribution in [0.4, 0.5) is 5.69 Å². The van der Waals surface area contributed by atoms with Crippen LogP contribution in [0.1, 0.15) is 50.8 Å². The van der Waals surface area contributed by atoms with Crippen LogP contribution in [0.2, 0.25) is 15.1 Å². The number of hydrogen-bond acceptors (Lipinski definition) is 4. The molecule has 0 radical (unpaired) electrons. The minimum absolute atomic E-state index is 0.0161. The standard InChI is InChI=1S/C31H36Cl3N3O4S/c1-7-28(30(39)35-31(4,5)6)36(18-22-11-12-23(32)16-27(22)34)29(38)19-37(24-13-10-21(3)26(33)17-24)42(40,41)25-14-8-20(2)9-15-25/h8-17,28H,7,18-19H2,1-6H3,(H,35,39)/t28-/m0/s1. The second-order valence-corrected chi connectivity index (χ2v) is 14.3. The molecule has 0 aliphatic carbocycles. The third kappa shape index (κ3) is 8.40. The Morgan fingerprint density at radius 2 is 1.55 bits per heavy atom. The van der Waals surface area contributed by atoms with Gasteiger partial charge in [-0.25, -0.2) is 8.42 Å². The minimum Gasteiger partial charge on any atom is -0.350 e. The van der Waals surface area contributed by atoms with Gasteiger partial charge in [0, 0.05) is 27.2 Å². The molecule has 0 saturated heterocycles. The van der Waals surface area contributed by atoms with Crippen LogP contribution in [0.5, 0.6) is 0 Å². The Morgan fingerprint density at radius 3 is 2.10 bits per heavy atom. The highest BCUT2D eigenvalue weighted by molar-refractivity contribution is 7.92. The molecule has 3 aromatic carbocycles. The number of sulfonamides is 1. The van der Waals surface area contributed by atoms with Crippen molar-refractivity contribution in [2.45, 2.75) is 71.0 Å². The summed E-state index contributed by atoms with van der Waals surface area (Å²) in [6, 6.07) is 15.1. The van der Waals surface area contributed by atoms with E-state index in [0.717, 1.165) is 15.4 Å². The summed E-state index contributed by atoms with van der Waals surface area (Å²) in [6.45, 7) is 10.3. The van der Waals surface area contributed by atoms with Crippen molar-refractivity contribution >= 4 is 62.3 Å². The van der Waals surface area contributed by atoms with E-state index in [2.05, 4.69) is 5.32 Å². The molecule has 0 spiro atoms. The monoisotopic (exact) mass is 651 g/mol. The molecule has 3 aromatic rings. The first-order chi connectivity index (χ1) is 19.5. The molecule has 11 heteroatoms. The van der Waals surface area contributed by atoms with Crippen molar-refractivity contribution in [2.75, 3.05) is 10.8 Å². The Labute approximate surface area is 263 Å². The molecule has 1 N–H and O–H groups in total. The molecule has 0 aliphatic rings. The fourth-order valence-electron chi connectivity index (χ4n) is 4.31. The maximum atomic E-state index is 14.2. The maximum absolute atomic E-state index is 14.2. The number of aryl methyl sites for hydroxylation is 2. The van der Waals surface area contributed by atoms with Crippen LogP contribution in [0.15, 0.2) is 65.6 Å². The number of benzene rings is 3. The van der Waals surface area contributed by atoms with Crippen molar-refractivity contribution in [2.24, 2.45) is 0 Å². The lowest BCUT2D eigenvalue weighted by Crippen LogP contribution is -2.55. The van der Waals surface area contributed by atoms with Gasteiger partial charge in [0.2, 0.25) is 11.8 Å². The van der Waals surface area contributed by atoms with E-state index in [1.54, 1.807) is 56.3 Å². The van der Waals surface area contributed by atoms with Crippen LogP contribution >= 0.6 is 34.8 Å². The van der Waals surface area contributed by atoms with Gasteiger partial charge in [-0.05, 0) is 88.6 Å². The lowest BCUT2D eigenvalue weighted by Gasteiger charge is -2.35. The predicted octanol–water partition coefficient (Wildman–Crippen LogP) is 7.18. The first kappa shape index (κ1) is 33.7. The molecule has 0 unspecified atom stereocenters. The molecule has 0 aliphatic heterocycles. The summed E-state index contributed by atoms with van der Waals surface area (Å²) in [5.41, 5.74) is 1.86. The smallest absolute Gasteiger partial charge is 0.264 e. The lowest BCUT2D eigenvalue weighted by molar-refractivity contribution is -0.141. The van der Waals surface area contributed by atoms with E-state index in [4.69, 9.17) is 34.8 Å². The van der Waals surface area contributed by atoms with Gasteiger partial charge in [0.05, 0.1) is 10.6 Å². The molecule has 3 rings (SSSR count). The predicted molar refractivity (Wildman–Crippen MR) is 171 cm³/mol. The topological polar surface area (TPSA) is 86.8 Å². The van der Waals surface area contributed by atoms with Crippen LogP contribution in [0, 0.1) is 13.8 Å². The first-order valence-corrected chi connectivity index (χ1v) is 16.0. The summed E-state index contributed by atoms with van der Waals surface area (Å²) in [7, 11) is -4.21. The molecular formula is C31H36Cl3N3O4S. The number of halogens is 3. The number of nitrogens with one attached hydrogen (secondary N) is 1. The summed E-state index contributed by atoms with van der Waals surface area (Å²) < 4.78 is 29.0. The highest BCUT2D eigenvalue weighted by atomic mass is 35.5. The van der Waals surface area contributed by atoms with E-state index in [1.165, 1.54) is 23.1 Å². The second kappa shape index (κ2) is 13.7. The van der Waals surface area contributed by atoms with E-state index < -0.39 is 34.1 Å². The van der Waals surface area contributed by atoms with Crippen LogP contribution in [0.3, 0.4) is 0 Å². The number of hydrogen-bond donors (Lipinski definition) is 1. The summed E-state index contributed by atoms with van der Waals surface area (Å²) >= 11 is 19.0. The molecule has 2 amide bonds. The quantitative estimate of drug-likeness (QED) is 0.251. The number of anilines is 1. The summed E-state index contributed by atoms with van der Waals surface area (Å²) in [6.07, 6.45) is 0.278. The van der Waals surface area contributed by atoms with Crippen molar-refractivity contribution in [1.29, 1.82) is 0 Å². The lowest BCUT2D eigenvalue weighted by atomic mass is 10.1. The minimum atomic E-state index is -4.21. The zero-order valence-corrected chi connectivity index (χ0v) is 27.6. The molecule has 0 fully saturated rings. The van der Waals surface area contributed by atoms with Gasteiger partial charge in [0.25, 0.3) is 10.0 Å². The third-order valence-corrected chi connectivity index (χ3v) is 9.35. The summed E-state index contributed by atoms with van der Waals surface area (Å²) in [4.78, 5) is 29.0. The van der Waals surface area contributed by atoms with Crippen LogP contribution in [-0.4, -0.2) is 43.3 Å². The molecule has 0 heterocycles. The van der Waals surface area contributed by atoms with Gasteiger partial charge < -0.3 is 10.2 Å². The molecule has 226 valence electrons. The van der Waals surface area contributed by atoms with Crippen LogP contribution < -0.4 is 9.62 Å². The number of nitrogens with zero attached hydrogens (tertiary/aromatic N) is 2. The van der Waals surface area contributed by atoms with Crippen molar-refractivity contribution < 1.29 is 18.0 Å². The van der Waals surface area contributed by atoms with Crippen molar-refractivity contribution in [3.05, 3.63) is 92.4 Å². The summed E-state index contributed by atoms with van der Waals surface area (Å²) in [5, 5.41) is 4.03. The molecule has 7 nitrogen and oxygen atoms in total. The largest absolute Gasteiger partial charge is 0.350 e. The van der Waals surface area contributed by atoms with Crippen molar-refractivity contribution in [1.82, 2.24) is 10.2 Å². The normalized spacial score (nSPS) is 12.5. The van der Waals surface area contributed by atoms with Crippen LogP contribution in [-0.2, 0) is 26.2 Å². The zero-order valence-electron chi connectivity index (χ0n) is 24.5. The van der Waals surface area contributed by atoms with Gasteiger partial charge in [-0.2, -0.15) is 0 Å². The fourth-order valence-corrected chi connectivity index (χ4v) is 6.36. The molecule has 42 heavy (non-hydrogen) atoms. The maximum Gasteiger partial charge on any atom is 0.264 e. The Kier molecular flexibility index (Phi) is 11.0. The average Bonchev–Trinajstić information content (AvgIpc) is 2.89. The average molecular weight is 653 g/mol. The van der Waals surface area contributed by atoms with E-state index in [0.29, 0.717) is 20.6 Å². The van der Waals surface area contributed by atoms with E-state index in [-0.39, 0.29) is 29.5 Å². The number of rotatable bonds is 10. The number of carbonyl (C=O) groups is 2. The van der Waals surface area contributed by atoms with E-state index in [1.807, 2.05) is 27.7 Å². The van der Waals surface area contributed by atoms with Crippen molar-refractivity contribution in [3.8, 4) is 0 Å². The first-order valence-electron chi connectivity index (χ1n) is 13.4. The van der Waals surface area contributed by atoms with E-state index >= 15 is 0 Å². The SMILES string of the molecule is CC[C@@H](C(=O)NC(C)(C)C)N(Cc1ccc(Cl)cc1Cl)C(=O)CN(c1ccc(C)c(Cl)c1)S(=O)(=O)c1ccc(C)cc1. The molecule has 0 saturated carbocycles. The Hall–Kier alpha value is -2.78. The molecular weight excluding hydrogens is 617 g/mol. The van der Waals surface area contributed by atoms with Crippen LogP contribution in [0.25, 0.3) is 0 Å². The highest BCUT2D eigenvalue weighted by Gasteiger charge is 2.35. The van der Waals surface area contributed by atoms with Gasteiger partial charge in [-0.1, -0.05) is 71.6 Å². The Morgan fingerprint density at radius 1 is 0.905 bits per heavy atom. The van der Waals surface area contributed by atoms with Gasteiger partial charge in [0.15, 0.2) is 0 Å². The van der Waals surface area contributed by atoms with E-state index in [9.17, 15) is 18.0 Å². The number of amides is 2. The number of carbonyl (C=O) groups excluding carboxylic acids is 2. The second-order valence-electron chi connectivity index (χ2n) is 11.2. The van der Waals surface area contributed by atoms with Gasteiger partial charge in [0.1, 0.15) is 12.6 Å². The van der Waals surface area contributed by atoms with Gasteiger partial charge >= 0.3 is 0 Å². The van der Waals surface area contributed by atoms with Gasteiger partial charge in [-0.15, -0.1) is 0 Å². The zero-order chi connectivity index (χ0) is 31.4. The Bertz CT molecular complexity index is 1550. The summed E-state index contributed by atoms with van der Waals surface area (Å²) in [5.74, 6) is -0.959. The third-order valence-electron chi connectivity index (χ3n) is 6.57. The van der Waals surface area contributed by atoms with Crippen molar-refractivity contribution in [3.63, 3.8) is 0 Å². The molecule has 0 aromatic heterocycles. The molecule has 1 atom stereocenters. The Balaban J connectivity index is 2.12. The highest BCUT2D eigenvalue weighted by Crippen LogP contribution is 2.30. The fraction of sp³-hybridized carbons (Fsp3) is 0.355. The van der Waals surface area contributed by atoms with Gasteiger partial charge in [-0.3, -0.25) is 13.9 Å². The molecule has 0 bridgehead atoms.